The molecule has 6 heteroatoms. The van der Waals surface area contributed by atoms with Crippen LogP contribution in [0.1, 0.15) is 33.6 Å². The van der Waals surface area contributed by atoms with Gasteiger partial charge in [0.1, 0.15) is 0 Å². The maximum Gasteiger partial charge on any atom is 0.218 e. The van der Waals surface area contributed by atoms with E-state index in [4.69, 9.17) is 0 Å². The smallest absolute Gasteiger partial charge is 0.218 e. The number of hydrogen-bond acceptors (Lipinski definition) is 5. The van der Waals surface area contributed by atoms with Crippen LogP contribution >= 0.6 is 11.8 Å². The fourth-order valence-electron chi connectivity index (χ4n) is 4.16. The van der Waals surface area contributed by atoms with E-state index >= 15 is 0 Å². The summed E-state index contributed by atoms with van der Waals surface area (Å²) in [7, 11) is 0. The van der Waals surface area contributed by atoms with Crippen LogP contribution in [0, 0.1) is 16.7 Å². The van der Waals surface area contributed by atoms with E-state index in [0.29, 0.717) is 16.9 Å². The topological polar surface area (TPSA) is 60.7 Å². The minimum Gasteiger partial charge on any atom is -0.294 e. The van der Waals surface area contributed by atoms with Gasteiger partial charge in [-0.25, -0.2) is 0 Å². The molecule has 2 bridgehead atoms. The highest BCUT2D eigenvalue weighted by Crippen LogP contribution is 2.65. The van der Waals surface area contributed by atoms with Gasteiger partial charge in [-0.05, 0) is 52.1 Å². The normalized spacial score (nSPS) is 29.5. The summed E-state index contributed by atoms with van der Waals surface area (Å²) >= 11 is 1.43. The number of Topliss-reactive ketones (excluding diaryl/α,β-unsaturated/α-hetero) is 1. The van der Waals surface area contributed by atoms with E-state index in [9.17, 15) is 4.79 Å². The van der Waals surface area contributed by atoms with Crippen molar-refractivity contribution in [1.29, 1.82) is 0 Å². The average Bonchev–Trinajstić information content (AvgIpc) is 3.17. The number of thioether (sulfide) groups is 1. The van der Waals surface area contributed by atoms with Crippen LogP contribution in [-0.2, 0) is 4.79 Å². The Morgan fingerprint density at radius 2 is 2.00 bits per heavy atom. The van der Waals surface area contributed by atoms with Crippen molar-refractivity contribution >= 4 is 17.5 Å². The van der Waals surface area contributed by atoms with Gasteiger partial charge in [0.15, 0.2) is 5.78 Å². The summed E-state index contributed by atoms with van der Waals surface area (Å²) in [6.07, 6.45) is 2.08. The standard InChI is InChI=1S/C18H20N4OS/c1-17(2)14-9-10-18(17,3)15(23)13(14)11-24-16-19-20-21-22(16)12-7-5-4-6-8-12/h4-8,11,14H,9-10H2,1-3H3/b13-11-/t14-,18-/m0/s1. The van der Waals surface area contributed by atoms with Gasteiger partial charge in [0.25, 0.3) is 0 Å². The van der Waals surface area contributed by atoms with Crippen LogP contribution in [0.15, 0.2) is 46.5 Å². The first-order valence-corrected chi connectivity index (χ1v) is 9.08. The van der Waals surface area contributed by atoms with Crippen molar-refractivity contribution < 1.29 is 4.79 Å². The molecule has 2 aliphatic carbocycles. The minimum absolute atomic E-state index is 0.0296. The van der Waals surface area contributed by atoms with Crippen molar-refractivity contribution in [3.63, 3.8) is 0 Å². The zero-order valence-corrected chi connectivity index (χ0v) is 14.9. The average molecular weight is 340 g/mol. The lowest BCUT2D eigenvalue weighted by Gasteiger charge is -2.31. The van der Waals surface area contributed by atoms with Crippen molar-refractivity contribution in [3.05, 3.63) is 41.3 Å². The third kappa shape index (κ3) is 2.02. The first-order valence-electron chi connectivity index (χ1n) is 8.20. The summed E-state index contributed by atoms with van der Waals surface area (Å²) in [4.78, 5) is 12.9. The summed E-state index contributed by atoms with van der Waals surface area (Å²) in [5.41, 5.74) is 1.66. The molecule has 4 rings (SSSR count). The second kappa shape index (κ2) is 5.28. The second-order valence-corrected chi connectivity index (χ2v) is 8.21. The fourth-order valence-corrected chi connectivity index (χ4v) is 4.99. The molecule has 2 aliphatic rings. The van der Waals surface area contributed by atoms with E-state index in [-0.39, 0.29) is 10.8 Å². The Morgan fingerprint density at radius 3 is 2.67 bits per heavy atom. The van der Waals surface area contributed by atoms with Crippen LogP contribution in [0.4, 0.5) is 0 Å². The van der Waals surface area contributed by atoms with Crippen molar-refractivity contribution in [2.75, 3.05) is 0 Å². The van der Waals surface area contributed by atoms with Crippen molar-refractivity contribution in [1.82, 2.24) is 20.2 Å². The number of hydrogen-bond donors (Lipinski definition) is 0. The molecular formula is C18H20N4OS. The van der Waals surface area contributed by atoms with Crippen molar-refractivity contribution in [2.45, 2.75) is 38.8 Å². The number of benzene rings is 1. The number of ketones is 1. The van der Waals surface area contributed by atoms with E-state index in [0.717, 1.165) is 24.1 Å². The Labute approximate surface area is 145 Å². The highest BCUT2D eigenvalue weighted by Gasteiger charge is 2.63. The minimum atomic E-state index is -0.227. The molecule has 0 N–H and O–H groups in total. The molecule has 1 aromatic heterocycles. The van der Waals surface area contributed by atoms with Gasteiger partial charge >= 0.3 is 0 Å². The Hall–Kier alpha value is -1.95. The lowest BCUT2D eigenvalue weighted by molar-refractivity contribution is -0.125. The lowest BCUT2D eigenvalue weighted by Crippen LogP contribution is -2.32. The molecule has 0 unspecified atom stereocenters. The summed E-state index contributed by atoms with van der Waals surface area (Å²) in [6, 6.07) is 9.78. The molecular weight excluding hydrogens is 320 g/mol. The molecule has 24 heavy (non-hydrogen) atoms. The highest BCUT2D eigenvalue weighted by atomic mass is 32.2. The quantitative estimate of drug-likeness (QED) is 0.630. The number of rotatable bonds is 3. The van der Waals surface area contributed by atoms with Gasteiger partial charge in [-0.1, -0.05) is 50.7 Å². The number of nitrogens with zero attached hydrogens (tertiary/aromatic N) is 4. The number of carbonyl (C=O) groups excluding carboxylic acids is 1. The number of aromatic nitrogens is 4. The van der Waals surface area contributed by atoms with Crippen molar-refractivity contribution in [3.8, 4) is 5.69 Å². The van der Waals surface area contributed by atoms with Gasteiger partial charge in [0.2, 0.25) is 5.16 Å². The first kappa shape index (κ1) is 15.6. The Balaban J connectivity index is 1.64. The van der Waals surface area contributed by atoms with Crippen LogP contribution in [0.25, 0.3) is 5.69 Å². The van der Waals surface area contributed by atoms with Crippen LogP contribution in [0.5, 0.6) is 0 Å². The summed E-state index contributed by atoms with van der Waals surface area (Å²) < 4.78 is 1.70. The van der Waals surface area contributed by atoms with E-state index in [1.165, 1.54) is 11.8 Å². The molecule has 0 amide bonds. The van der Waals surface area contributed by atoms with Gasteiger partial charge in [-0.15, -0.1) is 5.10 Å². The van der Waals surface area contributed by atoms with Gasteiger partial charge in [0.05, 0.1) is 5.69 Å². The van der Waals surface area contributed by atoms with Gasteiger partial charge in [0, 0.05) is 11.0 Å². The molecule has 124 valence electrons. The summed E-state index contributed by atoms with van der Waals surface area (Å²) in [5, 5.41) is 14.6. The van der Waals surface area contributed by atoms with Gasteiger partial charge < -0.3 is 0 Å². The van der Waals surface area contributed by atoms with Crippen LogP contribution < -0.4 is 0 Å². The summed E-state index contributed by atoms with van der Waals surface area (Å²) in [6.45, 7) is 6.57. The molecule has 2 aromatic rings. The van der Waals surface area contributed by atoms with Crippen molar-refractivity contribution in [2.24, 2.45) is 16.7 Å². The number of tetrazole rings is 1. The van der Waals surface area contributed by atoms with E-state index in [1.54, 1.807) is 4.68 Å². The number of para-hydroxylation sites is 1. The molecule has 0 saturated heterocycles. The second-order valence-electron chi connectivity index (χ2n) is 7.37. The van der Waals surface area contributed by atoms with Crippen LogP contribution in [0.3, 0.4) is 0 Å². The maximum absolute atomic E-state index is 12.9. The van der Waals surface area contributed by atoms with Gasteiger partial charge in [-0.2, -0.15) is 4.68 Å². The maximum atomic E-state index is 12.9. The number of allylic oxidation sites excluding steroid dienone is 1. The molecule has 2 saturated carbocycles. The predicted molar refractivity (Wildman–Crippen MR) is 92.7 cm³/mol. The molecule has 0 aliphatic heterocycles. The third-order valence-electron chi connectivity index (χ3n) is 6.10. The monoisotopic (exact) mass is 340 g/mol. The largest absolute Gasteiger partial charge is 0.294 e. The highest BCUT2D eigenvalue weighted by molar-refractivity contribution is 8.02. The Kier molecular flexibility index (Phi) is 3.42. The predicted octanol–water partition coefficient (Wildman–Crippen LogP) is 3.66. The Morgan fingerprint density at radius 1 is 1.25 bits per heavy atom. The van der Waals surface area contributed by atoms with E-state index in [1.807, 2.05) is 35.7 Å². The third-order valence-corrected chi connectivity index (χ3v) is 6.94. The van der Waals surface area contributed by atoms with E-state index < -0.39 is 0 Å². The Bertz CT molecular complexity index is 827. The van der Waals surface area contributed by atoms with Gasteiger partial charge in [-0.3, -0.25) is 4.79 Å². The van der Waals surface area contributed by atoms with Crippen LogP contribution in [0.2, 0.25) is 0 Å². The summed E-state index contributed by atoms with van der Waals surface area (Å²) in [5.74, 6) is 0.638. The molecule has 2 atom stereocenters. The zero-order valence-electron chi connectivity index (χ0n) is 14.1. The van der Waals surface area contributed by atoms with E-state index in [2.05, 4.69) is 36.3 Å². The molecule has 0 spiro atoms. The first-order chi connectivity index (χ1) is 11.4. The lowest BCUT2D eigenvalue weighted by atomic mass is 9.70. The molecule has 0 radical (unpaired) electrons. The molecule has 2 fully saturated rings. The number of carbonyl (C=O) groups is 1. The molecule has 5 nitrogen and oxygen atoms in total. The number of fused-ring (bicyclic) bond motifs is 2. The van der Waals surface area contributed by atoms with Crippen LogP contribution in [-0.4, -0.2) is 26.0 Å². The fraction of sp³-hybridized carbons (Fsp3) is 0.444. The SMILES string of the molecule is CC1(C)[C@H]2CC[C@@]1(C)C(=O)/C2=C\Sc1nnnn1-c1ccccc1. The zero-order chi connectivity index (χ0) is 16.9. The molecule has 1 heterocycles. The molecule has 1 aromatic carbocycles.